The van der Waals surface area contributed by atoms with Gasteiger partial charge < -0.3 is 10.1 Å². The van der Waals surface area contributed by atoms with Gasteiger partial charge in [-0.2, -0.15) is 0 Å². The number of carbonyl (C=O) groups excluding carboxylic acids is 1. The molecule has 1 N–H and O–H groups in total. The third-order valence-corrected chi connectivity index (χ3v) is 2.59. The smallest absolute Gasteiger partial charge is 0.407 e. The fourth-order valence-corrected chi connectivity index (χ4v) is 1.09. The Balaban J connectivity index is 3.60. The van der Waals surface area contributed by atoms with E-state index >= 15 is 0 Å². The fraction of sp³-hybridized carbons (Fsp3) is 0.778. The highest BCUT2D eigenvalue weighted by molar-refractivity contribution is 8.22. The lowest BCUT2D eigenvalue weighted by Gasteiger charge is -2.19. The summed E-state index contributed by atoms with van der Waals surface area (Å²) in [6.07, 6.45) is 2.24. The van der Waals surface area contributed by atoms with Crippen LogP contribution >= 0.6 is 24.0 Å². The molecule has 0 rings (SSSR count). The molecule has 0 aliphatic rings. The first-order valence-corrected chi connectivity index (χ1v) is 6.02. The minimum absolute atomic E-state index is 0.388. The lowest BCUT2D eigenvalue weighted by Crippen LogP contribution is -2.33. The van der Waals surface area contributed by atoms with E-state index in [9.17, 15) is 4.79 Å². The Morgan fingerprint density at radius 2 is 2.07 bits per heavy atom. The maximum absolute atomic E-state index is 11.1. The summed E-state index contributed by atoms with van der Waals surface area (Å²) in [6, 6.07) is 0. The molecule has 0 spiro atoms. The van der Waals surface area contributed by atoms with Gasteiger partial charge in [0.2, 0.25) is 0 Å². The van der Waals surface area contributed by atoms with Gasteiger partial charge in [0.25, 0.3) is 0 Å². The molecule has 0 aliphatic carbocycles. The van der Waals surface area contributed by atoms with Crippen LogP contribution in [0.1, 0.15) is 27.2 Å². The van der Waals surface area contributed by atoms with Crippen LogP contribution in [0.25, 0.3) is 0 Å². The summed E-state index contributed by atoms with van der Waals surface area (Å²) in [5, 5.41) is 2.64. The zero-order valence-corrected chi connectivity index (χ0v) is 10.7. The van der Waals surface area contributed by atoms with E-state index in [1.54, 1.807) is 0 Å². The molecule has 82 valence electrons. The molecule has 0 saturated heterocycles. The molecule has 0 heterocycles. The maximum Gasteiger partial charge on any atom is 0.407 e. The maximum atomic E-state index is 11.1. The van der Waals surface area contributed by atoms with Crippen molar-refractivity contribution in [2.75, 3.05) is 12.8 Å². The van der Waals surface area contributed by atoms with Gasteiger partial charge in [-0.05, 0) is 27.0 Å². The molecule has 0 unspecified atom stereocenters. The molecule has 1 amide bonds. The van der Waals surface area contributed by atoms with Crippen LogP contribution in [0.15, 0.2) is 0 Å². The molecule has 0 atom stereocenters. The van der Waals surface area contributed by atoms with Gasteiger partial charge in [0.05, 0.1) is 0 Å². The highest BCUT2D eigenvalue weighted by atomic mass is 32.2. The Morgan fingerprint density at radius 3 is 2.50 bits per heavy atom. The summed E-state index contributed by atoms with van der Waals surface area (Å²) >= 11 is 6.52. The lowest BCUT2D eigenvalue weighted by molar-refractivity contribution is 0.0529. The molecule has 0 radical (unpaired) electrons. The van der Waals surface area contributed by atoms with Crippen LogP contribution in [0, 0.1) is 0 Å². The van der Waals surface area contributed by atoms with Crippen LogP contribution in [0.3, 0.4) is 0 Å². The summed E-state index contributed by atoms with van der Waals surface area (Å²) < 4.78 is 5.94. The van der Waals surface area contributed by atoms with Crippen molar-refractivity contribution >= 4 is 34.3 Å². The summed E-state index contributed by atoms with van der Waals surface area (Å²) in [5.41, 5.74) is -0.440. The molecule has 0 aliphatic heterocycles. The average Bonchev–Trinajstić information content (AvgIpc) is 2.00. The molecule has 3 nitrogen and oxygen atoms in total. The van der Waals surface area contributed by atoms with Crippen molar-refractivity contribution in [1.82, 2.24) is 5.32 Å². The molecule has 0 aromatic heterocycles. The van der Waals surface area contributed by atoms with Gasteiger partial charge in [0.1, 0.15) is 5.60 Å². The van der Waals surface area contributed by atoms with Gasteiger partial charge in [-0.25, -0.2) is 4.79 Å². The number of nitrogens with one attached hydrogen (secondary N) is 1. The number of amides is 1. The molecule has 0 aromatic rings. The molecule has 0 fully saturated rings. The average molecular weight is 235 g/mol. The standard InChI is InChI=1S/C9H17NO2S2/c1-9(2,3)12-8(11)10-6-5-7(13)14-4/h5-6H2,1-4H3,(H,10,11). The second kappa shape index (κ2) is 6.24. The topological polar surface area (TPSA) is 38.3 Å². The third kappa shape index (κ3) is 8.31. The predicted molar refractivity (Wildman–Crippen MR) is 65.0 cm³/mol. The van der Waals surface area contributed by atoms with Crippen molar-refractivity contribution in [3.05, 3.63) is 0 Å². The van der Waals surface area contributed by atoms with E-state index in [1.165, 1.54) is 11.8 Å². The Labute approximate surface area is 95.0 Å². The Morgan fingerprint density at radius 1 is 1.50 bits per heavy atom. The van der Waals surface area contributed by atoms with E-state index in [-0.39, 0.29) is 6.09 Å². The quantitative estimate of drug-likeness (QED) is 0.763. The van der Waals surface area contributed by atoms with Crippen LogP contribution in [-0.2, 0) is 4.74 Å². The van der Waals surface area contributed by atoms with Crippen LogP contribution in [0.4, 0.5) is 4.79 Å². The van der Waals surface area contributed by atoms with Crippen molar-refractivity contribution in [2.45, 2.75) is 32.8 Å². The summed E-state index contributed by atoms with van der Waals surface area (Å²) in [7, 11) is 0. The minimum atomic E-state index is -0.440. The number of thiocarbonyl (C=S) groups is 1. The number of hydrogen-bond donors (Lipinski definition) is 1. The monoisotopic (exact) mass is 235 g/mol. The van der Waals surface area contributed by atoms with Crippen molar-refractivity contribution < 1.29 is 9.53 Å². The van der Waals surface area contributed by atoms with Gasteiger partial charge in [-0.1, -0.05) is 12.2 Å². The zero-order chi connectivity index (χ0) is 11.2. The van der Waals surface area contributed by atoms with E-state index in [0.29, 0.717) is 13.0 Å². The second-order valence-electron chi connectivity index (χ2n) is 3.75. The number of alkyl carbamates (subject to hydrolysis) is 1. The summed E-state index contributed by atoms with van der Waals surface area (Å²) in [6.45, 7) is 6.03. The first-order valence-electron chi connectivity index (χ1n) is 4.39. The van der Waals surface area contributed by atoms with Gasteiger partial charge in [0, 0.05) is 17.2 Å². The minimum Gasteiger partial charge on any atom is -0.444 e. The summed E-state index contributed by atoms with van der Waals surface area (Å²) in [4.78, 5) is 11.1. The molecule has 0 bridgehead atoms. The number of hydrogen-bond acceptors (Lipinski definition) is 4. The van der Waals surface area contributed by atoms with Gasteiger partial charge >= 0.3 is 6.09 Å². The van der Waals surface area contributed by atoms with Crippen molar-refractivity contribution in [2.24, 2.45) is 0 Å². The first kappa shape index (κ1) is 13.7. The molecule has 5 heteroatoms. The van der Waals surface area contributed by atoms with Crippen LogP contribution in [0.2, 0.25) is 0 Å². The van der Waals surface area contributed by atoms with Crippen molar-refractivity contribution in [3.63, 3.8) is 0 Å². The SMILES string of the molecule is CSC(=S)CCNC(=O)OC(C)(C)C. The normalized spacial score (nSPS) is 10.9. The van der Waals surface area contributed by atoms with Crippen molar-refractivity contribution in [3.8, 4) is 0 Å². The highest BCUT2D eigenvalue weighted by Crippen LogP contribution is 2.06. The predicted octanol–water partition coefficient (Wildman–Crippen LogP) is 2.59. The molecule has 0 aromatic carbocycles. The van der Waals surface area contributed by atoms with Crippen LogP contribution < -0.4 is 5.32 Å². The molecule has 14 heavy (non-hydrogen) atoms. The summed E-state index contributed by atoms with van der Waals surface area (Å²) in [5.74, 6) is 0. The van der Waals surface area contributed by atoms with E-state index in [4.69, 9.17) is 17.0 Å². The molecule has 0 saturated carbocycles. The molecular weight excluding hydrogens is 218 g/mol. The fourth-order valence-electron chi connectivity index (χ4n) is 0.683. The number of thioether (sulfide) groups is 1. The van der Waals surface area contributed by atoms with Gasteiger partial charge in [-0.3, -0.25) is 0 Å². The number of rotatable bonds is 3. The van der Waals surface area contributed by atoms with E-state index in [1.807, 2.05) is 27.0 Å². The van der Waals surface area contributed by atoms with Crippen molar-refractivity contribution in [1.29, 1.82) is 0 Å². The Kier molecular flexibility index (Phi) is 6.11. The van der Waals surface area contributed by atoms with Crippen LogP contribution in [-0.4, -0.2) is 28.7 Å². The Bertz CT molecular complexity index is 211. The van der Waals surface area contributed by atoms with E-state index in [0.717, 1.165) is 4.20 Å². The first-order chi connectivity index (χ1) is 6.35. The largest absolute Gasteiger partial charge is 0.444 e. The van der Waals surface area contributed by atoms with E-state index in [2.05, 4.69) is 5.32 Å². The zero-order valence-electron chi connectivity index (χ0n) is 9.05. The van der Waals surface area contributed by atoms with Gasteiger partial charge in [0.15, 0.2) is 0 Å². The Hall–Kier alpha value is -0.290. The van der Waals surface area contributed by atoms with Crippen LogP contribution in [0.5, 0.6) is 0 Å². The molecular formula is C9H17NO2S2. The van der Waals surface area contributed by atoms with Gasteiger partial charge in [-0.15, -0.1) is 11.8 Å². The second-order valence-corrected chi connectivity index (χ2v) is 5.41. The number of carbonyl (C=O) groups is 1. The van der Waals surface area contributed by atoms with E-state index < -0.39 is 5.60 Å². The number of ether oxygens (including phenoxy) is 1. The highest BCUT2D eigenvalue weighted by Gasteiger charge is 2.15. The third-order valence-electron chi connectivity index (χ3n) is 1.23. The lowest BCUT2D eigenvalue weighted by atomic mass is 10.2.